The summed E-state index contributed by atoms with van der Waals surface area (Å²) < 4.78 is 25.6. The van der Waals surface area contributed by atoms with Gasteiger partial charge >= 0.3 is 0 Å². The van der Waals surface area contributed by atoms with E-state index in [2.05, 4.69) is 51.5 Å². The van der Waals surface area contributed by atoms with E-state index < -0.39 is 10.0 Å². The van der Waals surface area contributed by atoms with Gasteiger partial charge in [-0.3, -0.25) is 9.71 Å². The lowest BCUT2D eigenvalue weighted by Crippen LogP contribution is -2.42. The number of hydrogen-bond acceptors (Lipinski definition) is 3. The summed E-state index contributed by atoms with van der Waals surface area (Å²) in [6.45, 7) is 2.58. The van der Waals surface area contributed by atoms with E-state index in [-0.39, 0.29) is 30.0 Å². The molecule has 1 unspecified atom stereocenters. The van der Waals surface area contributed by atoms with Crippen molar-refractivity contribution in [2.24, 2.45) is 4.99 Å². The molecule has 0 aromatic heterocycles. The Morgan fingerprint density at radius 3 is 2.36 bits per heavy atom. The fraction of sp³-hybridized carbons (Fsp3) is 0.350. The minimum Gasteiger partial charge on any atom is -0.354 e. The highest BCUT2D eigenvalue weighted by Crippen LogP contribution is 2.15. The van der Waals surface area contributed by atoms with E-state index in [9.17, 15) is 8.42 Å². The smallest absolute Gasteiger partial charge is 0.229 e. The molecular weight excluding hydrogens is 487 g/mol. The van der Waals surface area contributed by atoms with Crippen LogP contribution in [0.2, 0.25) is 0 Å². The second-order valence-corrected chi connectivity index (χ2v) is 8.28. The molecule has 0 spiro atoms. The standard InChI is InChI=1S/C20H28N4O2S.HI/c1-16(13-14-17-9-5-4-6-10-17)23-20(21-2)22-15-18-11-7-8-12-19(18)24-27(3,25)26;/h4-12,16,24H,13-15H2,1-3H3,(H2,21,22,23);1H. The van der Waals surface area contributed by atoms with Gasteiger partial charge in [-0.2, -0.15) is 0 Å². The van der Waals surface area contributed by atoms with Crippen LogP contribution in [0.3, 0.4) is 0 Å². The molecule has 0 aliphatic carbocycles. The normalized spacial score (nSPS) is 12.6. The van der Waals surface area contributed by atoms with Crippen LogP contribution in [0.25, 0.3) is 0 Å². The van der Waals surface area contributed by atoms with Crippen molar-refractivity contribution in [3.8, 4) is 0 Å². The summed E-state index contributed by atoms with van der Waals surface area (Å²) in [6.07, 6.45) is 3.12. The molecule has 2 aromatic rings. The molecule has 154 valence electrons. The summed E-state index contributed by atoms with van der Waals surface area (Å²) in [5.74, 6) is 0.685. The van der Waals surface area contributed by atoms with Gasteiger partial charge in [-0.15, -0.1) is 24.0 Å². The Kier molecular flexibility index (Phi) is 10.3. The summed E-state index contributed by atoms with van der Waals surface area (Å²) in [4.78, 5) is 4.26. The van der Waals surface area contributed by atoms with Gasteiger partial charge < -0.3 is 10.6 Å². The molecule has 2 rings (SSSR count). The van der Waals surface area contributed by atoms with Gasteiger partial charge in [0.25, 0.3) is 0 Å². The van der Waals surface area contributed by atoms with E-state index in [1.54, 1.807) is 19.2 Å². The van der Waals surface area contributed by atoms with Gasteiger partial charge in [0.15, 0.2) is 5.96 Å². The van der Waals surface area contributed by atoms with Crippen molar-refractivity contribution >= 4 is 45.6 Å². The van der Waals surface area contributed by atoms with Crippen LogP contribution in [0.5, 0.6) is 0 Å². The highest BCUT2D eigenvalue weighted by molar-refractivity contribution is 14.0. The van der Waals surface area contributed by atoms with Crippen molar-refractivity contribution in [1.82, 2.24) is 10.6 Å². The predicted molar refractivity (Wildman–Crippen MR) is 128 cm³/mol. The Hall–Kier alpha value is -1.81. The number of halogens is 1. The maximum absolute atomic E-state index is 11.5. The van der Waals surface area contributed by atoms with Crippen LogP contribution in [-0.2, 0) is 23.0 Å². The third-order valence-corrected chi connectivity index (χ3v) is 4.67. The third kappa shape index (κ3) is 8.92. The summed E-state index contributed by atoms with van der Waals surface area (Å²) >= 11 is 0. The quantitative estimate of drug-likeness (QED) is 0.286. The predicted octanol–water partition coefficient (Wildman–Crippen LogP) is 3.36. The molecule has 0 amide bonds. The molecular formula is C20H29IN4O2S. The number of nitrogens with zero attached hydrogens (tertiary/aromatic N) is 1. The number of sulfonamides is 1. The number of aryl methyl sites for hydroxylation is 1. The van der Waals surface area contributed by atoms with Gasteiger partial charge in [0.2, 0.25) is 10.0 Å². The molecule has 0 aliphatic heterocycles. The van der Waals surface area contributed by atoms with E-state index in [0.29, 0.717) is 18.2 Å². The average Bonchev–Trinajstić information content (AvgIpc) is 2.64. The van der Waals surface area contributed by atoms with Crippen LogP contribution in [-0.4, -0.2) is 33.7 Å². The highest BCUT2D eigenvalue weighted by atomic mass is 127. The Morgan fingerprint density at radius 2 is 1.71 bits per heavy atom. The molecule has 1 atom stereocenters. The number of para-hydroxylation sites is 1. The first-order chi connectivity index (χ1) is 12.9. The minimum absolute atomic E-state index is 0. The molecule has 0 saturated heterocycles. The lowest BCUT2D eigenvalue weighted by atomic mass is 10.1. The number of aliphatic imine (C=N–C) groups is 1. The monoisotopic (exact) mass is 516 g/mol. The number of anilines is 1. The molecule has 28 heavy (non-hydrogen) atoms. The second-order valence-electron chi connectivity index (χ2n) is 6.53. The van der Waals surface area contributed by atoms with E-state index in [1.165, 1.54) is 5.56 Å². The minimum atomic E-state index is -3.32. The third-order valence-electron chi connectivity index (χ3n) is 4.07. The molecule has 0 saturated carbocycles. The lowest BCUT2D eigenvalue weighted by Gasteiger charge is -2.19. The zero-order chi connectivity index (χ0) is 19.7. The van der Waals surface area contributed by atoms with Crippen LogP contribution in [0.15, 0.2) is 59.6 Å². The Morgan fingerprint density at radius 1 is 1.07 bits per heavy atom. The van der Waals surface area contributed by atoms with Crippen LogP contribution in [0.4, 0.5) is 5.69 Å². The SMILES string of the molecule is CN=C(NCc1ccccc1NS(C)(=O)=O)NC(C)CCc1ccccc1.I. The summed E-state index contributed by atoms with van der Waals surface area (Å²) in [5, 5.41) is 6.62. The maximum Gasteiger partial charge on any atom is 0.229 e. The first-order valence-corrected chi connectivity index (χ1v) is 10.8. The second kappa shape index (κ2) is 11.9. The Bertz CT molecular complexity index is 858. The van der Waals surface area contributed by atoms with Crippen molar-refractivity contribution < 1.29 is 8.42 Å². The molecule has 2 aromatic carbocycles. The maximum atomic E-state index is 11.5. The molecule has 0 fully saturated rings. The molecule has 0 radical (unpaired) electrons. The van der Waals surface area contributed by atoms with Crippen molar-refractivity contribution in [1.29, 1.82) is 0 Å². The molecule has 8 heteroatoms. The Balaban J connectivity index is 0.00000392. The fourth-order valence-electron chi connectivity index (χ4n) is 2.68. The summed E-state index contributed by atoms with van der Waals surface area (Å²) in [6, 6.07) is 17.9. The number of hydrogen-bond donors (Lipinski definition) is 3. The van der Waals surface area contributed by atoms with Crippen molar-refractivity contribution in [3.05, 3.63) is 65.7 Å². The van der Waals surface area contributed by atoms with Crippen molar-refractivity contribution in [2.45, 2.75) is 32.4 Å². The van der Waals surface area contributed by atoms with Gasteiger partial charge in [-0.05, 0) is 37.0 Å². The zero-order valence-corrected chi connectivity index (χ0v) is 19.6. The molecule has 0 aliphatic rings. The fourth-order valence-corrected chi connectivity index (χ4v) is 3.28. The lowest BCUT2D eigenvalue weighted by molar-refractivity contribution is 0.593. The molecule has 0 bridgehead atoms. The van der Waals surface area contributed by atoms with Gasteiger partial charge in [-0.1, -0.05) is 48.5 Å². The first-order valence-electron chi connectivity index (χ1n) is 8.94. The van der Waals surface area contributed by atoms with E-state index in [1.807, 2.05) is 18.2 Å². The van der Waals surface area contributed by atoms with E-state index >= 15 is 0 Å². The number of guanidine groups is 1. The van der Waals surface area contributed by atoms with Crippen LogP contribution in [0.1, 0.15) is 24.5 Å². The van der Waals surface area contributed by atoms with Crippen molar-refractivity contribution in [2.75, 3.05) is 18.0 Å². The summed E-state index contributed by atoms with van der Waals surface area (Å²) in [7, 11) is -1.60. The first kappa shape index (κ1) is 24.2. The molecule has 3 N–H and O–H groups in total. The largest absolute Gasteiger partial charge is 0.354 e. The van der Waals surface area contributed by atoms with Gasteiger partial charge in [0.1, 0.15) is 0 Å². The number of rotatable bonds is 8. The highest BCUT2D eigenvalue weighted by Gasteiger charge is 2.09. The molecule has 6 nitrogen and oxygen atoms in total. The van der Waals surface area contributed by atoms with E-state index in [0.717, 1.165) is 24.7 Å². The van der Waals surface area contributed by atoms with Gasteiger partial charge in [0, 0.05) is 19.6 Å². The van der Waals surface area contributed by atoms with Crippen LogP contribution >= 0.6 is 24.0 Å². The van der Waals surface area contributed by atoms with Crippen LogP contribution < -0.4 is 15.4 Å². The zero-order valence-electron chi connectivity index (χ0n) is 16.5. The topological polar surface area (TPSA) is 82.6 Å². The average molecular weight is 516 g/mol. The summed E-state index contributed by atoms with van der Waals surface area (Å²) in [5.41, 5.74) is 2.73. The van der Waals surface area contributed by atoms with E-state index in [4.69, 9.17) is 0 Å². The van der Waals surface area contributed by atoms with Gasteiger partial charge in [0.05, 0.1) is 11.9 Å². The van der Waals surface area contributed by atoms with Gasteiger partial charge in [-0.25, -0.2) is 8.42 Å². The number of nitrogens with one attached hydrogen (secondary N) is 3. The van der Waals surface area contributed by atoms with Crippen molar-refractivity contribution in [3.63, 3.8) is 0 Å². The van der Waals surface area contributed by atoms with Crippen LogP contribution in [0, 0.1) is 0 Å². The molecule has 0 heterocycles. The Labute approximate surface area is 185 Å². The number of benzene rings is 2.